The first-order chi connectivity index (χ1) is 13.2. The van der Waals surface area contributed by atoms with Gasteiger partial charge in [0.15, 0.2) is 15.8 Å². The minimum absolute atomic E-state index is 0. The van der Waals surface area contributed by atoms with Crippen molar-refractivity contribution < 1.29 is 13.5 Å². The normalized spacial score (nSPS) is 14.0. The minimum atomic E-state index is -3.29. The van der Waals surface area contributed by atoms with E-state index in [2.05, 4.69) is 20.7 Å². The van der Waals surface area contributed by atoms with E-state index in [1.807, 2.05) is 6.92 Å². The number of aromatic nitrogens is 2. The van der Waals surface area contributed by atoms with Gasteiger partial charge in [-0.05, 0) is 32.4 Å². The van der Waals surface area contributed by atoms with Crippen LogP contribution in [0.1, 0.15) is 25.8 Å². The number of nitrogens with zero attached hydrogens (tertiary/aromatic N) is 3. The van der Waals surface area contributed by atoms with Gasteiger partial charge in [-0.15, -0.1) is 24.0 Å². The predicted octanol–water partition coefficient (Wildman–Crippen LogP) is 1.66. The highest BCUT2D eigenvalue weighted by molar-refractivity contribution is 14.0. The maximum absolute atomic E-state index is 12.3. The summed E-state index contributed by atoms with van der Waals surface area (Å²) in [6.07, 6.45) is 3.81. The average molecular weight is 535 g/mol. The van der Waals surface area contributed by atoms with Crippen molar-refractivity contribution in [3.63, 3.8) is 0 Å². The molecular formula is C19H30IN5O3S. The molecule has 0 spiro atoms. The number of guanidine groups is 1. The summed E-state index contributed by atoms with van der Waals surface area (Å²) < 4.78 is 26.2. The van der Waals surface area contributed by atoms with Gasteiger partial charge >= 0.3 is 0 Å². The molecule has 0 amide bonds. The highest BCUT2D eigenvalue weighted by Gasteiger charge is 2.24. The van der Waals surface area contributed by atoms with Gasteiger partial charge in [0.05, 0.1) is 23.4 Å². The van der Waals surface area contributed by atoms with E-state index in [-0.39, 0.29) is 36.3 Å². The Morgan fingerprint density at radius 3 is 2.55 bits per heavy atom. The molecule has 2 aromatic rings. The van der Waals surface area contributed by atoms with Crippen molar-refractivity contribution in [1.82, 2.24) is 20.4 Å². The van der Waals surface area contributed by atoms with E-state index in [1.54, 1.807) is 61.4 Å². The summed E-state index contributed by atoms with van der Waals surface area (Å²) in [5.74, 6) is 0.584. The quantitative estimate of drug-likeness (QED) is 0.195. The van der Waals surface area contributed by atoms with E-state index in [0.29, 0.717) is 35.9 Å². The van der Waals surface area contributed by atoms with E-state index in [9.17, 15) is 13.5 Å². The molecule has 29 heavy (non-hydrogen) atoms. The fourth-order valence-corrected chi connectivity index (χ4v) is 3.91. The molecule has 1 heterocycles. The molecule has 3 N–H and O–H groups in total. The van der Waals surface area contributed by atoms with Crippen LogP contribution in [0.25, 0.3) is 0 Å². The van der Waals surface area contributed by atoms with Crippen molar-refractivity contribution in [3.05, 3.63) is 48.3 Å². The molecular weight excluding hydrogens is 505 g/mol. The van der Waals surface area contributed by atoms with E-state index in [4.69, 9.17) is 0 Å². The van der Waals surface area contributed by atoms with Crippen molar-refractivity contribution >= 4 is 39.8 Å². The molecule has 0 fully saturated rings. The summed E-state index contributed by atoms with van der Waals surface area (Å²) in [4.78, 5) is 4.76. The monoisotopic (exact) mass is 535 g/mol. The fourth-order valence-electron chi connectivity index (χ4n) is 2.58. The SMILES string of the molecule is CCNC(=NCC(C)(O)c1cnn(C)c1)NCCCS(=O)(=O)c1ccccc1.I. The lowest BCUT2D eigenvalue weighted by atomic mass is 10.0. The van der Waals surface area contributed by atoms with E-state index in [1.165, 1.54) is 0 Å². The Bertz CT molecular complexity index is 882. The van der Waals surface area contributed by atoms with Crippen LogP contribution >= 0.6 is 24.0 Å². The molecule has 0 aliphatic heterocycles. The average Bonchev–Trinajstić information content (AvgIpc) is 3.11. The second kappa shape index (κ2) is 11.5. The lowest BCUT2D eigenvalue weighted by molar-refractivity contribution is 0.0672. The minimum Gasteiger partial charge on any atom is -0.383 e. The van der Waals surface area contributed by atoms with Gasteiger partial charge in [-0.2, -0.15) is 5.10 Å². The zero-order valence-electron chi connectivity index (χ0n) is 17.0. The molecule has 1 atom stereocenters. The van der Waals surface area contributed by atoms with Crippen LogP contribution in [0, 0.1) is 0 Å². The Labute approximate surface area is 189 Å². The first-order valence-corrected chi connectivity index (χ1v) is 10.9. The summed E-state index contributed by atoms with van der Waals surface area (Å²) in [6.45, 7) is 4.88. The molecule has 0 saturated carbocycles. The Kier molecular flexibility index (Phi) is 10.1. The fraction of sp³-hybridized carbons (Fsp3) is 0.474. The van der Waals surface area contributed by atoms with Gasteiger partial charge in [0.1, 0.15) is 5.60 Å². The van der Waals surface area contributed by atoms with Gasteiger partial charge in [-0.1, -0.05) is 18.2 Å². The van der Waals surface area contributed by atoms with E-state index in [0.717, 1.165) is 0 Å². The summed E-state index contributed by atoms with van der Waals surface area (Å²) in [7, 11) is -1.50. The second-order valence-electron chi connectivity index (χ2n) is 6.78. The van der Waals surface area contributed by atoms with Gasteiger partial charge < -0.3 is 15.7 Å². The number of rotatable bonds is 9. The van der Waals surface area contributed by atoms with Gasteiger partial charge in [0.25, 0.3) is 0 Å². The van der Waals surface area contributed by atoms with Gasteiger partial charge in [0.2, 0.25) is 0 Å². The van der Waals surface area contributed by atoms with Crippen molar-refractivity contribution in [2.75, 3.05) is 25.4 Å². The Morgan fingerprint density at radius 2 is 1.97 bits per heavy atom. The topological polar surface area (TPSA) is 109 Å². The van der Waals surface area contributed by atoms with Crippen molar-refractivity contribution in [1.29, 1.82) is 0 Å². The van der Waals surface area contributed by atoms with Crippen LogP contribution in [0.4, 0.5) is 0 Å². The van der Waals surface area contributed by atoms with Crippen LogP contribution in [-0.4, -0.2) is 54.7 Å². The van der Waals surface area contributed by atoms with E-state index < -0.39 is 15.4 Å². The number of hydrogen-bond donors (Lipinski definition) is 3. The molecule has 0 aliphatic carbocycles. The lowest BCUT2D eigenvalue weighted by Crippen LogP contribution is -2.39. The van der Waals surface area contributed by atoms with Crippen LogP contribution in [0.2, 0.25) is 0 Å². The van der Waals surface area contributed by atoms with Gasteiger partial charge in [-0.25, -0.2) is 13.4 Å². The van der Waals surface area contributed by atoms with Crippen molar-refractivity contribution in [3.8, 4) is 0 Å². The number of nitrogens with one attached hydrogen (secondary N) is 2. The number of hydrogen-bond acceptors (Lipinski definition) is 5. The number of benzene rings is 1. The number of sulfone groups is 1. The number of aliphatic imine (C=N–C) groups is 1. The standard InChI is InChI=1S/C19H29N5O3S.HI/c1-4-20-18(22-15-19(2,25)16-13-23-24(3)14-16)21-11-8-12-28(26,27)17-9-6-5-7-10-17;/h5-7,9-10,13-14,25H,4,8,11-12,15H2,1-3H3,(H2,20,21,22);1H. The zero-order chi connectivity index (χ0) is 20.6. The predicted molar refractivity (Wildman–Crippen MR) is 125 cm³/mol. The maximum atomic E-state index is 12.3. The number of aliphatic hydroxyl groups is 1. The molecule has 0 aliphatic rings. The molecule has 10 heteroatoms. The number of halogens is 1. The summed E-state index contributed by atoms with van der Waals surface area (Å²) >= 11 is 0. The van der Waals surface area contributed by atoms with Crippen molar-refractivity contribution in [2.24, 2.45) is 12.0 Å². The molecule has 1 aromatic carbocycles. The molecule has 162 valence electrons. The van der Waals surface area contributed by atoms with Crippen LogP contribution in [0.5, 0.6) is 0 Å². The van der Waals surface area contributed by atoms with Crippen LogP contribution in [0.15, 0.2) is 52.6 Å². The summed E-state index contributed by atoms with van der Waals surface area (Å²) in [6, 6.07) is 8.44. The highest BCUT2D eigenvalue weighted by atomic mass is 127. The Balaban J connectivity index is 0.00000420. The lowest BCUT2D eigenvalue weighted by Gasteiger charge is -2.20. The molecule has 8 nitrogen and oxygen atoms in total. The van der Waals surface area contributed by atoms with Crippen LogP contribution in [0.3, 0.4) is 0 Å². The summed E-state index contributed by atoms with van der Waals surface area (Å²) in [5, 5.41) is 20.9. The first-order valence-electron chi connectivity index (χ1n) is 9.26. The third-order valence-electron chi connectivity index (χ3n) is 4.20. The van der Waals surface area contributed by atoms with Crippen LogP contribution < -0.4 is 10.6 Å². The molecule has 1 aromatic heterocycles. The molecule has 1 unspecified atom stereocenters. The van der Waals surface area contributed by atoms with Gasteiger partial charge in [0, 0.05) is 31.9 Å². The third kappa shape index (κ3) is 7.94. The van der Waals surface area contributed by atoms with Crippen molar-refractivity contribution in [2.45, 2.75) is 30.8 Å². The smallest absolute Gasteiger partial charge is 0.191 e. The summed E-state index contributed by atoms with van der Waals surface area (Å²) in [5.41, 5.74) is -0.462. The molecule has 2 rings (SSSR count). The first kappa shape index (κ1) is 25.4. The second-order valence-corrected chi connectivity index (χ2v) is 8.89. The zero-order valence-corrected chi connectivity index (χ0v) is 20.1. The van der Waals surface area contributed by atoms with Crippen LogP contribution in [-0.2, 0) is 22.5 Å². The van der Waals surface area contributed by atoms with E-state index >= 15 is 0 Å². The van der Waals surface area contributed by atoms with Gasteiger partial charge in [-0.3, -0.25) is 4.68 Å². The highest BCUT2D eigenvalue weighted by Crippen LogP contribution is 2.19. The molecule has 0 bridgehead atoms. The third-order valence-corrected chi connectivity index (χ3v) is 6.02. The Morgan fingerprint density at radius 1 is 1.28 bits per heavy atom. The maximum Gasteiger partial charge on any atom is 0.191 e. The Hall–Kier alpha value is -1.66. The number of aryl methyl sites for hydroxylation is 1. The largest absolute Gasteiger partial charge is 0.383 e. The molecule has 0 saturated heterocycles. The molecule has 0 radical (unpaired) electrons.